The molecule has 0 bridgehead atoms. The van der Waals surface area contributed by atoms with E-state index in [1.165, 1.54) is 0 Å². The fourth-order valence-electron chi connectivity index (χ4n) is 1.60. The van der Waals surface area contributed by atoms with Gasteiger partial charge in [0.1, 0.15) is 0 Å². The Labute approximate surface area is 109 Å². The molecule has 0 fully saturated rings. The first-order valence-electron chi connectivity index (χ1n) is 5.56. The van der Waals surface area contributed by atoms with Crippen LogP contribution >= 0.6 is 25.3 Å². The third-order valence-electron chi connectivity index (χ3n) is 2.67. The van der Waals surface area contributed by atoms with Gasteiger partial charge in [0.05, 0.1) is 11.7 Å². The van der Waals surface area contributed by atoms with Crippen molar-refractivity contribution in [2.45, 2.75) is 55.6 Å². The molecule has 1 nitrogen and oxygen atoms in total. The molecule has 0 aliphatic carbocycles. The zero-order chi connectivity index (χ0) is 12.3. The third kappa shape index (κ3) is 3.72. The molecule has 0 saturated heterocycles. The number of hydrogen-bond acceptors (Lipinski definition) is 3. The Morgan fingerprint density at radius 1 is 1.19 bits per heavy atom. The van der Waals surface area contributed by atoms with E-state index in [0.717, 1.165) is 21.8 Å². The quantitative estimate of drug-likeness (QED) is 0.763. The summed E-state index contributed by atoms with van der Waals surface area (Å²) in [6.45, 7) is 8.37. The van der Waals surface area contributed by atoms with Crippen molar-refractivity contribution in [3.8, 4) is 0 Å². The lowest BCUT2D eigenvalue weighted by Gasteiger charge is -2.30. The first kappa shape index (κ1) is 13.9. The lowest BCUT2D eigenvalue weighted by atomic mass is 9.97. The summed E-state index contributed by atoms with van der Waals surface area (Å²) in [5, 5.41) is 0. The minimum atomic E-state index is -0.300. The van der Waals surface area contributed by atoms with Gasteiger partial charge in [-0.3, -0.25) is 0 Å². The second-order valence-electron chi connectivity index (χ2n) is 4.59. The van der Waals surface area contributed by atoms with Crippen LogP contribution in [0.4, 0.5) is 0 Å². The van der Waals surface area contributed by atoms with Crippen molar-refractivity contribution in [3.05, 3.63) is 23.8 Å². The molecule has 1 rings (SSSR count). The number of benzene rings is 1. The minimum absolute atomic E-state index is 0.252. The number of rotatable bonds is 4. The largest absolute Gasteiger partial charge is 0.368 e. The van der Waals surface area contributed by atoms with Crippen molar-refractivity contribution in [1.29, 1.82) is 0 Å². The zero-order valence-corrected chi connectivity index (χ0v) is 12.1. The molecular formula is C13H20OS2. The van der Waals surface area contributed by atoms with Crippen LogP contribution in [-0.2, 0) is 10.3 Å². The number of hydrogen-bond donors (Lipinski definition) is 2. The van der Waals surface area contributed by atoms with Crippen LogP contribution in [0.15, 0.2) is 28.0 Å². The molecular weight excluding hydrogens is 236 g/mol. The van der Waals surface area contributed by atoms with Crippen LogP contribution in [0.5, 0.6) is 0 Å². The molecule has 0 radical (unpaired) electrons. The van der Waals surface area contributed by atoms with Crippen LogP contribution < -0.4 is 0 Å². The van der Waals surface area contributed by atoms with Crippen molar-refractivity contribution < 1.29 is 4.74 Å². The van der Waals surface area contributed by atoms with E-state index in [9.17, 15) is 0 Å². The van der Waals surface area contributed by atoms with Crippen molar-refractivity contribution >= 4 is 25.3 Å². The Morgan fingerprint density at radius 2 is 1.69 bits per heavy atom. The Kier molecular flexibility index (Phi) is 4.77. The molecule has 0 N–H and O–H groups in total. The molecule has 0 saturated carbocycles. The Hall–Kier alpha value is -0.120. The van der Waals surface area contributed by atoms with Gasteiger partial charge in [0.15, 0.2) is 0 Å². The average Bonchev–Trinajstić information content (AvgIpc) is 2.15. The van der Waals surface area contributed by atoms with Crippen molar-refractivity contribution in [2.24, 2.45) is 0 Å². The molecule has 0 aromatic heterocycles. The predicted molar refractivity (Wildman–Crippen MR) is 74.8 cm³/mol. The lowest BCUT2D eigenvalue weighted by Crippen LogP contribution is -2.26. The lowest BCUT2D eigenvalue weighted by molar-refractivity contribution is -0.0694. The van der Waals surface area contributed by atoms with Gasteiger partial charge in [0.2, 0.25) is 0 Å². The van der Waals surface area contributed by atoms with Gasteiger partial charge in [-0.1, -0.05) is 6.92 Å². The average molecular weight is 256 g/mol. The third-order valence-corrected chi connectivity index (χ3v) is 3.18. The monoisotopic (exact) mass is 256 g/mol. The molecule has 90 valence electrons. The predicted octanol–water partition coefficient (Wildman–Crippen LogP) is 4.31. The molecule has 16 heavy (non-hydrogen) atoms. The first-order chi connectivity index (χ1) is 7.35. The fourth-order valence-corrected chi connectivity index (χ4v) is 2.26. The fraction of sp³-hybridized carbons (Fsp3) is 0.538. The molecule has 1 unspecified atom stereocenters. The molecule has 0 aliphatic heterocycles. The van der Waals surface area contributed by atoms with Crippen LogP contribution in [0.25, 0.3) is 0 Å². The van der Waals surface area contributed by atoms with Gasteiger partial charge in [0, 0.05) is 9.79 Å². The zero-order valence-electron chi connectivity index (χ0n) is 10.3. The van der Waals surface area contributed by atoms with Gasteiger partial charge < -0.3 is 4.74 Å². The summed E-state index contributed by atoms with van der Waals surface area (Å²) >= 11 is 8.73. The molecule has 1 aromatic carbocycles. The smallest absolute Gasteiger partial charge is 0.0879 e. The van der Waals surface area contributed by atoms with Gasteiger partial charge >= 0.3 is 0 Å². The summed E-state index contributed by atoms with van der Waals surface area (Å²) in [5.41, 5.74) is 0.816. The highest BCUT2D eigenvalue weighted by Crippen LogP contribution is 2.30. The highest BCUT2D eigenvalue weighted by atomic mass is 32.1. The molecule has 1 atom stereocenters. The van der Waals surface area contributed by atoms with E-state index in [1.807, 2.05) is 18.2 Å². The van der Waals surface area contributed by atoms with E-state index in [2.05, 4.69) is 53.0 Å². The normalized spacial score (nSPS) is 13.9. The number of thiol groups is 2. The topological polar surface area (TPSA) is 9.23 Å². The summed E-state index contributed by atoms with van der Waals surface area (Å²) < 4.78 is 6.02. The Balaban J connectivity index is 2.96. The van der Waals surface area contributed by atoms with Gasteiger partial charge in [0.25, 0.3) is 0 Å². The SMILES string of the molecule is CCC(C)OC(C)(C)c1cc(S)cc(S)c1. The van der Waals surface area contributed by atoms with Crippen molar-refractivity contribution in [3.63, 3.8) is 0 Å². The Bertz CT molecular complexity index is 341. The molecule has 0 heterocycles. The molecule has 0 aliphatic rings. The molecule has 0 spiro atoms. The second-order valence-corrected chi connectivity index (χ2v) is 5.62. The van der Waals surface area contributed by atoms with Crippen LogP contribution in [-0.4, -0.2) is 6.10 Å². The van der Waals surface area contributed by atoms with E-state index in [1.54, 1.807) is 0 Å². The van der Waals surface area contributed by atoms with E-state index in [-0.39, 0.29) is 11.7 Å². The van der Waals surface area contributed by atoms with Gasteiger partial charge in [-0.25, -0.2) is 0 Å². The summed E-state index contributed by atoms with van der Waals surface area (Å²) in [4.78, 5) is 1.84. The van der Waals surface area contributed by atoms with Crippen LogP contribution in [0.3, 0.4) is 0 Å². The summed E-state index contributed by atoms with van der Waals surface area (Å²) in [6.07, 6.45) is 1.26. The highest BCUT2D eigenvalue weighted by molar-refractivity contribution is 7.81. The maximum atomic E-state index is 6.02. The van der Waals surface area contributed by atoms with Gasteiger partial charge in [-0.2, -0.15) is 0 Å². The van der Waals surface area contributed by atoms with Crippen LogP contribution in [0.1, 0.15) is 39.7 Å². The van der Waals surface area contributed by atoms with E-state index < -0.39 is 0 Å². The Morgan fingerprint density at radius 3 is 2.12 bits per heavy atom. The molecule has 1 aromatic rings. The second kappa shape index (κ2) is 5.48. The maximum absolute atomic E-state index is 6.02. The van der Waals surface area contributed by atoms with E-state index >= 15 is 0 Å². The summed E-state index contributed by atoms with van der Waals surface area (Å²) in [6, 6.07) is 5.99. The molecule has 3 heteroatoms. The van der Waals surface area contributed by atoms with Gasteiger partial charge in [-0.15, -0.1) is 25.3 Å². The first-order valence-corrected chi connectivity index (χ1v) is 6.46. The number of ether oxygens (including phenoxy) is 1. The standard InChI is InChI=1S/C13H20OS2/c1-5-9(2)14-13(3,4)10-6-11(15)8-12(16)7-10/h6-9,15-16H,5H2,1-4H3. The summed E-state index contributed by atoms with van der Waals surface area (Å²) in [7, 11) is 0. The summed E-state index contributed by atoms with van der Waals surface area (Å²) in [5.74, 6) is 0. The van der Waals surface area contributed by atoms with Crippen LogP contribution in [0, 0.1) is 0 Å². The van der Waals surface area contributed by atoms with Crippen LogP contribution in [0.2, 0.25) is 0 Å². The minimum Gasteiger partial charge on any atom is -0.368 e. The maximum Gasteiger partial charge on any atom is 0.0879 e. The molecule has 0 amide bonds. The van der Waals surface area contributed by atoms with E-state index in [0.29, 0.717) is 0 Å². The van der Waals surface area contributed by atoms with E-state index in [4.69, 9.17) is 4.74 Å². The van der Waals surface area contributed by atoms with Gasteiger partial charge in [-0.05, 0) is 51.0 Å². The highest BCUT2D eigenvalue weighted by Gasteiger charge is 2.23. The van der Waals surface area contributed by atoms with Crippen molar-refractivity contribution in [2.75, 3.05) is 0 Å². The van der Waals surface area contributed by atoms with Crippen molar-refractivity contribution in [1.82, 2.24) is 0 Å².